The van der Waals surface area contributed by atoms with E-state index in [1.54, 1.807) is 0 Å². The van der Waals surface area contributed by atoms with E-state index in [0.29, 0.717) is 0 Å². The molecule has 29 aromatic rings. The largest absolute Gasteiger partial charge is 0.456 e. The van der Waals surface area contributed by atoms with Crippen LogP contribution in [0.5, 0.6) is 0 Å². The first kappa shape index (κ1) is 87.0. The fourth-order valence-electron chi connectivity index (χ4n) is 28.3. The van der Waals surface area contributed by atoms with Crippen molar-refractivity contribution in [1.29, 1.82) is 0 Å². The van der Waals surface area contributed by atoms with E-state index in [-0.39, 0.29) is 16.2 Å². The van der Waals surface area contributed by atoms with Gasteiger partial charge in [0.15, 0.2) is 0 Å². The molecular formula is C149H100O. The minimum atomic E-state index is -0.234. The summed E-state index contributed by atoms with van der Waals surface area (Å²) < 4.78 is 6.45. The van der Waals surface area contributed by atoms with Gasteiger partial charge in [-0.15, -0.1) is 0 Å². The van der Waals surface area contributed by atoms with E-state index in [1.807, 2.05) is 0 Å². The van der Waals surface area contributed by atoms with Gasteiger partial charge in [0.1, 0.15) is 11.2 Å². The zero-order chi connectivity index (χ0) is 99.7. The lowest BCUT2D eigenvalue weighted by Crippen LogP contribution is -2.17. The average Bonchev–Trinajstić information content (AvgIpc) is 1.53. The van der Waals surface area contributed by atoms with Crippen LogP contribution in [0.3, 0.4) is 0 Å². The van der Waals surface area contributed by atoms with Crippen LogP contribution < -0.4 is 0 Å². The number of fused-ring (bicyclic) bond motifs is 36. The SMILES string of the molecule is CC1(C)c2c(-c3c4ccccc4c(-c4ccc5ccccc5c4)c4ccccc34)cccc2-c2c1c1ccccc1c1ccccc21.CC1(C)c2c(-c3c4ccccc4c(-c4ccc5oc6ccc7ccccc7c6c5c4)c4ccccc34)cccc2-c2c1c1ccccc1c1ccccc21.CC1(C)c2c(-c3c4ccccc4c(-c4ccccc4-c4ccccc4)c4ccccc34)cccc2-c2c1c1ccccc1c1ccccc21. The molecule has 32 rings (SSSR count). The molecule has 0 radical (unpaired) electrons. The van der Waals surface area contributed by atoms with Crippen LogP contribution in [-0.2, 0) is 16.2 Å². The van der Waals surface area contributed by atoms with Crippen molar-refractivity contribution < 1.29 is 4.42 Å². The Balaban J connectivity index is 0.000000104. The Morgan fingerprint density at radius 2 is 0.360 bits per heavy atom. The van der Waals surface area contributed by atoms with E-state index in [9.17, 15) is 0 Å². The summed E-state index contributed by atoms with van der Waals surface area (Å²) in [5.41, 5.74) is 35.9. The topological polar surface area (TPSA) is 13.1 Å². The number of benzene rings is 28. The van der Waals surface area contributed by atoms with Crippen molar-refractivity contribution in [3.8, 4) is 111 Å². The molecule has 150 heavy (non-hydrogen) atoms. The molecule has 0 aliphatic heterocycles. The van der Waals surface area contributed by atoms with Crippen molar-refractivity contribution in [3.63, 3.8) is 0 Å². The third-order valence-electron chi connectivity index (χ3n) is 34.1. The van der Waals surface area contributed by atoms with Crippen molar-refractivity contribution in [3.05, 3.63) is 531 Å². The highest BCUT2D eigenvalue weighted by molar-refractivity contribution is 6.31. The quantitative estimate of drug-likeness (QED) is 0.114. The molecule has 0 saturated heterocycles. The number of furan rings is 1. The lowest BCUT2D eigenvalue weighted by Gasteiger charge is -2.27. The standard InChI is InChI=1S/C53H34O.C49H34.C47H32/c1-53(2)51-42(24-13-25-43(51)50-36-18-7-5-16-34(36)35-17-6-12-23-41(35)52(50)53)48-39-21-10-8-19-37(39)47(38-20-9-11-22-40(38)48)32-27-28-45-44(30-32)49-33-15-4-3-14-31(33)26-29-46(49)54-45;1-49(2)47-42(29-16-30-43(47)46-36-23-10-7-20-33(36)34-21-8-15-28-41(34)48(46)49)45-39-26-13-11-24-37(39)44(38-25-12-14-27-40(38)45)35-22-9-6-19-32(35)31-17-4-3-5-18-31;1-47(2)45-40(24-13-25-41(45)44-34-18-7-5-16-32(34)33-17-6-12-23-39(33)46(44)47)43-37-21-10-8-19-35(37)42(36-20-9-11-22-38(36)43)31-27-26-29-14-3-4-15-30(29)28-31/h3-30H,1-2H3;3-30H,1-2H3;3-28H,1-2H3. The first-order chi connectivity index (χ1) is 73.8. The summed E-state index contributed by atoms with van der Waals surface area (Å²) in [5.74, 6) is 0. The molecule has 3 aliphatic rings. The lowest BCUT2D eigenvalue weighted by molar-refractivity contribution is 0.668. The van der Waals surface area contributed by atoms with Crippen molar-refractivity contribution in [2.24, 2.45) is 0 Å². The van der Waals surface area contributed by atoms with Gasteiger partial charge in [0.25, 0.3) is 0 Å². The summed E-state index contributed by atoms with van der Waals surface area (Å²) in [6, 6.07) is 184. The minimum Gasteiger partial charge on any atom is -0.456 e. The predicted molar refractivity (Wildman–Crippen MR) is 642 cm³/mol. The molecule has 1 aromatic heterocycles. The van der Waals surface area contributed by atoms with Gasteiger partial charge in [-0.2, -0.15) is 0 Å². The van der Waals surface area contributed by atoms with Crippen molar-refractivity contribution in [2.75, 3.05) is 0 Å². The molecule has 0 spiro atoms. The molecule has 702 valence electrons. The molecule has 0 bridgehead atoms. The Kier molecular flexibility index (Phi) is 19.3. The van der Waals surface area contributed by atoms with E-state index < -0.39 is 0 Å². The van der Waals surface area contributed by atoms with Gasteiger partial charge >= 0.3 is 0 Å². The summed E-state index contributed by atoms with van der Waals surface area (Å²) in [6.07, 6.45) is 0. The van der Waals surface area contributed by atoms with Crippen LogP contribution in [0.1, 0.15) is 74.9 Å². The summed E-state index contributed by atoms with van der Waals surface area (Å²) >= 11 is 0. The van der Waals surface area contributed by atoms with Gasteiger partial charge in [-0.05, 0) is 320 Å². The summed E-state index contributed by atoms with van der Waals surface area (Å²) in [6.45, 7) is 14.6. The molecular weight excluding hydrogens is 1810 g/mol. The molecule has 0 atom stereocenters. The summed E-state index contributed by atoms with van der Waals surface area (Å²) in [4.78, 5) is 0. The predicted octanol–water partition coefficient (Wildman–Crippen LogP) is 41.7. The Morgan fingerprint density at radius 3 is 0.720 bits per heavy atom. The highest BCUT2D eigenvalue weighted by Gasteiger charge is 2.45. The van der Waals surface area contributed by atoms with E-state index in [2.05, 4.69) is 539 Å². The van der Waals surface area contributed by atoms with Crippen LogP contribution in [0.4, 0.5) is 0 Å². The van der Waals surface area contributed by atoms with Crippen molar-refractivity contribution >= 4 is 173 Å². The first-order valence-corrected chi connectivity index (χ1v) is 52.8. The van der Waals surface area contributed by atoms with Gasteiger partial charge in [-0.1, -0.05) is 515 Å². The van der Waals surface area contributed by atoms with Gasteiger partial charge in [0.05, 0.1) is 0 Å². The summed E-state index contributed by atoms with van der Waals surface area (Å²) in [5, 5.41) is 38.7. The molecule has 0 unspecified atom stereocenters. The molecule has 0 N–H and O–H groups in total. The second kappa shape index (κ2) is 33.3. The second-order valence-electron chi connectivity index (χ2n) is 43.1. The van der Waals surface area contributed by atoms with Crippen LogP contribution in [0.15, 0.2) is 502 Å². The van der Waals surface area contributed by atoms with E-state index in [1.165, 1.54) is 301 Å². The van der Waals surface area contributed by atoms with Gasteiger partial charge in [0, 0.05) is 27.0 Å². The van der Waals surface area contributed by atoms with Crippen LogP contribution in [0, 0.1) is 0 Å². The Bertz CT molecular complexity index is 10700. The maximum atomic E-state index is 6.45. The highest BCUT2D eigenvalue weighted by Crippen LogP contribution is 2.64. The molecule has 3 aliphatic carbocycles. The zero-order valence-electron chi connectivity index (χ0n) is 84.3. The van der Waals surface area contributed by atoms with Crippen molar-refractivity contribution in [2.45, 2.75) is 57.8 Å². The normalized spacial score (nSPS) is 13.4. The molecule has 1 heteroatoms. The molecule has 1 heterocycles. The minimum absolute atomic E-state index is 0.204. The fraction of sp³-hybridized carbons (Fsp3) is 0.0604. The van der Waals surface area contributed by atoms with E-state index in [4.69, 9.17) is 4.42 Å². The van der Waals surface area contributed by atoms with Gasteiger partial charge in [0.2, 0.25) is 0 Å². The number of rotatable bonds is 7. The number of hydrogen-bond acceptors (Lipinski definition) is 1. The van der Waals surface area contributed by atoms with E-state index >= 15 is 0 Å². The lowest BCUT2D eigenvalue weighted by atomic mass is 9.75. The smallest absolute Gasteiger partial charge is 0.136 e. The van der Waals surface area contributed by atoms with Gasteiger partial charge in [-0.25, -0.2) is 0 Å². The Labute approximate surface area is 870 Å². The molecule has 0 saturated carbocycles. The van der Waals surface area contributed by atoms with E-state index in [0.717, 1.165) is 16.6 Å². The number of hydrogen-bond donors (Lipinski definition) is 0. The highest BCUT2D eigenvalue weighted by atomic mass is 16.3. The maximum absolute atomic E-state index is 6.45. The third kappa shape index (κ3) is 12.7. The van der Waals surface area contributed by atoms with Gasteiger partial charge < -0.3 is 4.42 Å². The monoisotopic (exact) mass is 1900 g/mol. The van der Waals surface area contributed by atoms with Crippen LogP contribution >= 0.6 is 0 Å². The average molecular weight is 1910 g/mol. The summed E-state index contributed by atoms with van der Waals surface area (Å²) in [7, 11) is 0. The first-order valence-electron chi connectivity index (χ1n) is 52.8. The Morgan fingerprint density at radius 1 is 0.127 bits per heavy atom. The molecule has 0 amide bonds. The Hall–Kier alpha value is -18.4. The van der Waals surface area contributed by atoms with Crippen LogP contribution in [0.2, 0.25) is 0 Å². The third-order valence-corrected chi connectivity index (χ3v) is 34.1. The van der Waals surface area contributed by atoms with Gasteiger partial charge in [-0.3, -0.25) is 0 Å². The molecule has 28 aromatic carbocycles. The zero-order valence-corrected chi connectivity index (χ0v) is 84.3. The van der Waals surface area contributed by atoms with Crippen LogP contribution in [-0.4, -0.2) is 0 Å². The maximum Gasteiger partial charge on any atom is 0.136 e. The second-order valence-corrected chi connectivity index (χ2v) is 43.1. The molecule has 1 nitrogen and oxygen atoms in total. The fourth-order valence-corrected chi connectivity index (χ4v) is 28.3. The van der Waals surface area contributed by atoms with Crippen molar-refractivity contribution in [1.82, 2.24) is 0 Å². The van der Waals surface area contributed by atoms with Crippen LogP contribution in [0.25, 0.3) is 284 Å². The molecule has 0 fully saturated rings.